The van der Waals surface area contributed by atoms with E-state index in [1.165, 1.54) is 0 Å². The van der Waals surface area contributed by atoms with E-state index in [9.17, 15) is 26.3 Å². The summed E-state index contributed by atoms with van der Waals surface area (Å²) >= 11 is 1.90. The Balaban J connectivity index is 0. The summed E-state index contributed by atoms with van der Waals surface area (Å²) < 4.78 is 61.2. The molecule has 0 heterocycles. The summed E-state index contributed by atoms with van der Waals surface area (Å²) in [6, 6.07) is 0. The van der Waals surface area contributed by atoms with Gasteiger partial charge in [0, 0.05) is 0 Å². The van der Waals surface area contributed by atoms with E-state index in [0.29, 0.717) is 0 Å². The molecule has 7 heteroatoms. The molecule has 0 aromatic carbocycles. The lowest BCUT2D eigenvalue weighted by atomic mass is 11.1. The second-order valence-corrected chi connectivity index (χ2v) is 1.62. The Morgan fingerprint density at radius 1 is 1.00 bits per heavy atom. The molecule has 0 fully saturated rings. The van der Waals surface area contributed by atoms with Crippen molar-refractivity contribution in [3.63, 3.8) is 0 Å². The summed E-state index contributed by atoms with van der Waals surface area (Å²) in [6.07, 6.45) is -5.36. The first-order valence-corrected chi connectivity index (χ1v) is 2.68. The van der Waals surface area contributed by atoms with Gasteiger partial charge in [-0.3, -0.25) is 0 Å². The highest BCUT2D eigenvalue weighted by Gasteiger charge is 1.94. The van der Waals surface area contributed by atoms with Crippen molar-refractivity contribution >= 4 is 15.9 Å². The smallest absolute Gasteiger partial charge is 0.210 e. The topological polar surface area (TPSA) is 0 Å². The highest BCUT2D eigenvalue weighted by Crippen LogP contribution is 2.14. The fourth-order valence-electron chi connectivity index (χ4n) is 0. The molecule has 0 rings (SSSR count). The number of halogens is 7. The minimum atomic E-state index is -2.32. The predicted molar refractivity (Wildman–Crippen MR) is 30.7 cm³/mol. The fourth-order valence-corrected chi connectivity index (χ4v) is 0. The van der Waals surface area contributed by atoms with E-state index in [1.807, 2.05) is 15.9 Å². The predicted octanol–water partition coefficient (Wildman–Crippen LogP) is 4.11. The van der Waals surface area contributed by atoms with Gasteiger partial charge >= 0.3 is 6.08 Å². The SMILES string of the molecule is FC(F)=C(F)Br.FC=C(F)F. The molecule has 0 aliphatic rings. The lowest BCUT2D eigenvalue weighted by Gasteiger charge is -1.71. The third-order valence-electron chi connectivity index (χ3n) is 0.225. The van der Waals surface area contributed by atoms with Crippen molar-refractivity contribution in [1.29, 1.82) is 0 Å². The third kappa shape index (κ3) is 17.7. The number of rotatable bonds is 0. The monoisotopic (exact) mass is 242 g/mol. The molecule has 0 radical (unpaired) electrons. The molecule has 0 aromatic heterocycles. The molecular formula is C4HBrF6. The van der Waals surface area contributed by atoms with Crippen molar-refractivity contribution in [1.82, 2.24) is 0 Å². The zero-order chi connectivity index (χ0) is 9.44. The Bertz CT molecular complexity index is 140. The molecule has 0 saturated carbocycles. The summed E-state index contributed by atoms with van der Waals surface area (Å²) in [5, 5.41) is 0. The lowest BCUT2D eigenvalue weighted by molar-refractivity contribution is 0.396. The minimum absolute atomic E-state index is 0.750. The molecule has 0 unspecified atom stereocenters. The van der Waals surface area contributed by atoms with Gasteiger partial charge in [0.15, 0.2) is 6.33 Å². The minimum Gasteiger partial charge on any atom is -0.210 e. The maximum Gasteiger partial charge on any atom is 0.312 e. The van der Waals surface area contributed by atoms with Crippen LogP contribution in [0.5, 0.6) is 0 Å². The van der Waals surface area contributed by atoms with E-state index in [4.69, 9.17) is 0 Å². The van der Waals surface area contributed by atoms with Crippen LogP contribution in [0.2, 0.25) is 0 Å². The van der Waals surface area contributed by atoms with Crippen LogP contribution in [0.3, 0.4) is 0 Å². The summed E-state index contributed by atoms with van der Waals surface area (Å²) in [5.41, 5.74) is 0. The van der Waals surface area contributed by atoms with E-state index >= 15 is 0 Å². The van der Waals surface area contributed by atoms with E-state index in [1.54, 1.807) is 0 Å². The largest absolute Gasteiger partial charge is 0.312 e. The van der Waals surface area contributed by atoms with Gasteiger partial charge in [0.1, 0.15) is 0 Å². The van der Waals surface area contributed by atoms with Crippen molar-refractivity contribution in [2.24, 2.45) is 0 Å². The molecule has 0 aliphatic carbocycles. The number of hydrogen-bond acceptors (Lipinski definition) is 0. The Labute approximate surface area is 66.3 Å². The van der Waals surface area contributed by atoms with E-state index in [-0.39, 0.29) is 0 Å². The standard InChI is InChI=1S/C2BrF3.C2HF3/c3-1(4)2(5)6;3-1-2(4)5/h;1H. The van der Waals surface area contributed by atoms with Crippen LogP contribution in [0.25, 0.3) is 0 Å². The normalized spacial score (nSPS) is 7.55. The molecule has 0 amide bonds. The zero-order valence-electron chi connectivity index (χ0n) is 4.72. The van der Waals surface area contributed by atoms with Crippen LogP contribution in [0.1, 0.15) is 0 Å². The van der Waals surface area contributed by atoms with Gasteiger partial charge in [-0.05, 0) is 15.9 Å². The second kappa shape index (κ2) is 7.64. The first-order valence-electron chi connectivity index (χ1n) is 1.89. The van der Waals surface area contributed by atoms with Crippen molar-refractivity contribution < 1.29 is 26.3 Å². The lowest BCUT2D eigenvalue weighted by Crippen LogP contribution is -1.53. The Hall–Kier alpha value is -0.460. The first-order chi connectivity index (χ1) is 4.91. The van der Waals surface area contributed by atoms with Crippen LogP contribution in [0.15, 0.2) is 23.2 Å². The summed E-state index contributed by atoms with van der Waals surface area (Å²) in [5.74, 6) is 0. The second-order valence-electron chi connectivity index (χ2n) is 0.920. The molecular weight excluding hydrogens is 242 g/mol. The molecule has 66 valence electrons. The van der Waals surface area contributed by atoms with Crippen LogP contribution in [-0.4, -0.2) is 0 Å². The van der Waals surface area contributed by atoms with Crippen LogP contribution < -0.4 is 0 Å². The summed E-state index contributed by atoms with van der Waals surface area (Å²) in [6.45, 7) is 0. The molecule has 0 aliphatic heterocycles. The molecule has 0 N–H and O–H groups in total. The van der Waals surface area contributed by atoms with Gasteiger partial charge in [-0.1, -0.05) is 0 Å². The van der Waals surface area contributed by atoms with Gasteiger partial charge in [0.2, 0.25) is 4.74 Å². The van der Waals surface area contributed by atoms with Crippen LogP contribution in [-0.2, 0) is 0 Å². The van der Waals surface area contributed by atoms with Gasteiger partial charge in [-0.25, -0.2) is 4.39 Å². The van der Waals surface area contributed by atoms with E-state index in [2.05, 4.69) is 0 Å². The average molecular weight is 243 g/mol. The average Bonchev–Trinajstić information content (AvgIpc) is 1.89. The zero-order valence-corrected chi connectivity index (χ0v) is 6.31. The molecule has 0 bridgehead atoms. The van der Waals surface area contributed by atoms with Gasteiger partial charge in [0.05, 0.1) is 0 Å². The number of hydrogen-bond donors (Lipinski definition) is 0. The van der Waals surface area contributed by atoms with Gasteiger partial charge < -0.3 is 0 Å². The van der Waals surface area contributed by atoms with Gasteiger partial charge in [-0.15, -0.1) is 0 Å². The molecule has 0 aromatic rings. The van der Waals surface area contributed by atoms with Crippen molar-refractivity contribution in [3.05, 3.63) is 23.2 Å². The molecule has 11 heavy (non-hydrogen) atoms. The van der Waals surface area contributed by atoms with Gasteiger partial charge in [-0.2, -0.15) is 22.0 Å². The van der Waals surface area contributed by atoms with E-state index in [0.717, 1.165) is 0 Å². The van der Waals surface area contributed by atoms with Crippen molar-refractivity contribution in [3.8, 4) is 0 Å². The van der Waals surface area contributed by atoms with Crippen LogP contribution >= 0.6 is 15.9 Å². The summed E-state index contributed by atoms with van der Waals surface area (Å²) in [4.78, 5) is 0. The molecule has 0 spiro atoms. The highest BCUT2D eigenvalue weighted by molar-refractivity contribution is 9.11. The summed E-state index contributed by atoms with van der Waals surface area (Å²) in [7, 11) is 0. The quantitative estimate of drug-likeness (QED) is 0.561. The molecule has 0 atom stereocenters. The Morgan fingerprint density at radius 3 is 1.18 bits per heavy atom. The Morgan fingerprint density at radius 2 is 1.18 bits per heavy atom. The third-order valence-corrected chi connectivity index (χ3v) is 0.525. The maximum atomic E-state index is 10.9. The van der Waals surface area contributed by atoms with E-state index < -0.39 is 23.2 Å². The molecule has 0 saturated heterocycles. The Kier molecular flexibility index (Phi) is 9.14. The van der Waals surface area contributed by atoms with Crippen LogP contribution in [0, 0.1) is 0 Å². The maximum absolute atomic E-state index is 10.9. The van der Waals surface area contributed by atoms with Crippen molar-refractivity contribution in [2.75, 3.05) is 0 Å². The molecule has 0 nitrogen and oxygen atoms in total. The fraction of sp³-hybridized carbons (Fsp3) is 0. The van der Waals surface area contributed by atoms with Gasteiger partial charge in [0.25, 0.3) is 6.08 Å². The first kappa shape index (κ1) is 13.2. The van der Waals surface area contributed by atoms with Crippen LogP contribution in [0.4, 0.5) is 26.3 Å². The highest BCUT2D eigenvalue weighted by atomic mass is 79.9. The van der Waals surface area contributed by atoms with Crippen molar-refractivity contribution in [2.45, 2.75) is 0 Å².